The molecule has 2 atom stereocenters. The van der Waals surface area contributed by atoms with Crippen molar-refractivity contribution in [1.82, 2.24) is 19.0 Å². The highest BCUT2D eigenvalue weighted by Gasteiger charge is 2.47. The number of fused-ring (bicyclic) bond motifs is 1. The predicted octanol–water partition coefficient (Wildman–Crippen LogP) is 4.82. The fourth-order valence-corrected chi connectivity index (χ4v) is 6.94. The van der Waals surface area contributed by atoms with Gasteiger partial charge in [0.1, 0.15) is 6.33 Å². The van der Waals surface area contributed by atoms with E-state index in [9.17, 15) is 23.5 Å². The Morgan fingerprint density at radius 2 is 1.85 bits per heavy atom. The van der Waals surface area contributed by atoms with E-state index in [1.54, 1.807) is 11.0 Å². The van der Waals surface area contributed by atoms with Crippen LogP contribution in [0.15, 0.2) is 71.2 Å². The van der Waals surface area contributed by atoms with Crippen molar-refractivity contribution in [3.8, 4) is 5.69 Å². The summed E-state index contributed by atoms with van der Waals surface area (Å²) in [5.41, 5.74) is 0.0395. The van der Waals surface area contributed by atoms with Crippen molar-refractivity contribution >= 4 is 28.3 Å². The number of carbonyl (C=O) groups is 1. The highest BCUT2D eigenvalue weighted by Crippen LogP contribution is 2.47. The number of amides is 1. The van der Waals surface area contributed by atoms with E-state index in [0.717, 1.165) is 10.6 Å². The summed E-state index contributed by atoms with van der Waals surface area (Å²) in [4.78, 5) is 33.8. The topological polar surface area (TPSA) is 80.4 Å². The minimum Gasteiger partial charge on any atom is -0.388 e. The van der Waals surface area contributed by atoms with Crippen LogP contribution in [0.25, 0.3) is 16.7 Å². The first-order valence-electron chi connectivity index (χ1n) is 13.3. The second-order valence-corrected chi connectivity index (χ2v) is 11.8. The van der Waals surface area contributed by atoms with Gasteiger partial charge in [0.2, 0.25) is 11.8 Å². The maximum Gasteiger partial charge on any atom is 0.262 e. The summed E-state index contributed by atoms with van der Waals surface area (Å²) in [7, 11) is 0. The van der Waals surface area contributed by atoms with Crippen molar-refractivity contribution in [1.29, 1.82) is 0 Å². The van der Waals surface area contributed by atoms with Crippen molar-refractivity contribution in [3.05, 3.63) is 81.7 Å². The Morgan fingerprint density at radius 1 is 1.08 bits per heavy atom. The number of benzene rings is 1. The number of thiophene rings is 1. The summed E-state index contributed by atoms with van der Waals surface area (Å²) in [6.45, 7) is 0.698. The molecule has 2 fully saturated rings. The number of hydrogen-bond acceptors (Lipinski definition) is 5. The number of aromatic nitrogens is 3. The number of nitrogens with zero attached hydrogens (tertiary/aromatic N) is 4. The van der Waals surface area contributed by atoms with Crippen LogP contribution in [0.3, 0.4) is 0 Å². The molecule has 1 aliphatic carbocycles. The lowest BCUT2D eigenvalue weighted by molar-refractivity contribution is -0.145. The van der Waals surface area contributed by atoms with E-state index in [2.05, 4.69) is 4.98 Å². The lowest BCUT2D eigenvalue weighted by Gasteiger charge is -2.42. The lowest BCUT2D eigenvalue weighted by Crippen LogP contribution is -2.52. The van der Waals surface area contributed by atoms with E-state index in [0.29, 0.717) is 37.0 Å². The van der Waals surface area contributed by atoms with Crippen LogP contribution in [0.4, 0.5) is 8.78 Å². The Kier molecular flexibility index (Phi) is 6.63. The molecule has 4 heterocycles. The summed E-state index contributed by atoms with van der Waals surface area (Å²) in [5, 5.41) is 13.7. The Morgan fingerprint density at radius 3 is 2.56 bits per heavy atom. The SMILES string of the molecule is O=C([C@H]1CCC(F)(F)C[C@@H]1c1cccs1)N1CCC(O)(Cn2cnc3c(ccn3-c3ccccc3)c2=O)CC1. The molecule has 1 N–H and O–H groups in total. The highest BCUT2D eigenvalue weighted by molar-refractivity contribution is 7.10. The maximum atomic E-state index is 14.3. The molecule has 39 heavy (non-hydrogen) atoms. The van der Waals surface area contributed by atoms with Gasteiger partial charge >= 0.3 is 0 Å². The van der Waals surface area contributed by atoms with Crippen LogP contribution in [0.2, 0.25) is 0 Å². The van der Waals surface area contributed by atoms with Gasteiger partial charge in [-0.2, -0.15) is 0 Å². The smallest absolute Gasteiger partial charge is 0.262 e. The molecule has 1 amide bonds. The molecule has 1 aliphatic heterocycles. The molecule has 7 nitrogen and oxygen atoms in total. The molecule has 1 saturated carbocycles. The molecule has 0 unspecified atom stereocenters. The minimum absolute atomic E-state index is 0.0702. The van der Waals surface area contributed by atoms with Gasteiger partial charge in [0.25, 0.3) is 5.56 Å². The fraction of sp³-hybridized carbons (Fsp3) is 0.414. The molecule has 6 rings (SSSR count). The third-order valence-electron chi connectivity index (χ3n) is 8.23. The van der Waals surface area contributed by atoms with Gasteiger partial charge in [-0.25, -0.2) is 13.8 Å². The number of likely N-dealkylation sites (tertiary alicyclic amines) is 1. The summed E-state index contributed by atoms with van der Waals surface area (Å²) < 4.78 is 31.8. The summed E-state index contributed by atoms with van der Waals surface area (Å²) in [5.74, 6) is -3.87. The highest BCUT2D eigenvalue weighted by atomic mass is 32.1. The number of carbonyl (C=O) groups excluding carboxylic acids is 1. The first-order valence-corrected chi connectivity index (χ1v) is 14.2. The first-order chi connectivity index (χ1) is 18.7. The zero-order valence-corrected chi connectivity index (χ0v) is 22.2. The largest absolute Gasteiger partial charge is 0.388 e. The first kappa shape index (κ1) is 25.9. The Bertz CT molecular complexity index is 1530. The zero-order chi connectivity index (χ0) is 27.2. The number of halogens is 2. The summed E-state index contributed by atoms with van der Waals surface area (Å²) >= 11 is 1.42. The Balaban J connectivity index is 1.15. The van der Waals surface area contributed by atoms with E-state index < -0.39 is 23.4 Å². The predicted molar refractivity (Wildman–Crippen MR) is 145 cm³/mol. The molecule has 10 heteroatoms. The van der Waals surface area contributed by atoms with Crippen LogP contribution >= 0.6 is 11.3 Å². The standard InChI is InChI=1S/C29H30F2N4O3S/c30-29(31)10-8-21(23(17-29)24-7-4-16-39-24)26(36)33-14-11-28(38,12-15-33)18-34-19-32-25-22(27(34)37)9-13-35(25)20-5-2-1-3-6-20/h1-7,9,13,16,19,21,23,38H,8,10-12,14-15,17-18H2/t21-,23-/m0/s1. The van der Waals surface area contributed by atoms with Gasteiger partial charge in [-0.1, -0.05) is 24.3 Å². The molecule has 0 spiro atoms. The second kappa shape index (κ2) is 9.98. The normalized spacial score (nSPS) is 22.7. The van der Waals surface area contributed by atoms with Gasteiger partial charge < -0.3 is 14.6 Å². The number of hydrogen-bond donors (Lipinski definition) is 1. The quantitative estimate of drug-likeness (QED) is 0.385. The maximum absolute atomic E-state index is 14.3. The van der Waals surface area contributed by atoms with Gasteiger partial charge in [0, 0.05) is 54.5 Å². The minimum atomic E-state index is -2.77. The molecular weight excluding hydrogens is 522 g/mol. The van der Waals surface area contributed by atoms with Crippen LogP contribution in [0.1, 0.15) is 42.9 Å². The monoisotopic (exact) mass is 552 g/mol. The number of alkyl halides is 2. The van der Waals surface area contributed by atoms with Crippen molar-refractivity contribution in [2.24, 2.45) is 5.92 Å². The zero-order valence-electron chi connectivity index (χ0n) is 21.4. The molecular formula is C29H30F2N4O3S. The Labute approximate surface area is 228 Å². The van der Waals surface area contributed by atoms with E-state index in [1.807, 2.05) is 58.6 Å². The van der Waals surface area contributed by atoms with Gasteiger partial charge in [0.15, 0.2) is 5.65 Å². The average Bonchev–Trinajstić information content (AvgIpc) is 3.61. The second-order valence-electron chi connectivity index (χ2n) is 10.8. The average molecular weight is 553 g/mol. The van der Waals surface area contributed by atoms with E-state index in [4.69, 9.17) is 0 Å². The van der Waals surface area contributed by atoms with Gasteiger partial charge in [-0.05, 0) is 48.9 Å². The van der Waals surface area contributed by atoms with E-state index >= 15 is 0 Å². The molecule has 0 bridgehead atoms. The van der Waals surface area contributed by atoms with Crippen LogP contribution < -0.4 is 5.56 Å². The van der Waals surface area contributed by atoms with Crippen molar-refractivity contribution in [2.45, 2.75) is 56.1 Å². The number of piperidine rings is 1. The van der Waals surface area contributed by atoms with Crippen LogP contribution in [-0.4, -0.2) is 54.6 Å². The summed E-state index contributed by atoms with van der Waals surface area (Å²) in [6.07, 6.45) is 3.41. The van der Waals surface area contributed by atoms with E-state index in [-0.39, 0.29) is 37.3 Å². The third-order valence-corrected chi connectivity index (χ3v) is 9.23. The third kappa shape index (κ3) is 5.03. The molecule has 2 aliphatic rings. The number of para-hydroxylation sites is 1. The number of rotatable bonds is 5. The van der Waals surface area contributed by atoms with Gasteiger partial charge in [0.05, 0.1) is 17.5 Å². The molecule has 1 aromatic carbocycles. The van der Waals surface area contributed by atoms with E-state index in [1.165, 1.54) is 22.2 Å². The Hall–Kier alpha value is -3.37. The lowest BCUT2D eigenvalue weighted by atomic mass is 9.75. The van der Waals surface area contributed by atoms with Crippen molar-refractivity contribution < 1.29 is 18.7 Å². The van der Waals surface area contributed by atoms with Crippen LogP contribution in [0.5, 0.6) is 0 Å². The van der Waals surface area contributed by atoms with Crippen molar-refractivity contribution in [2.75, 3.05) is 13.1 Å². The fourth-order valence-electron chi connectivity index (χ4n) is 6.05. The van der Waals surface area contributed by atoms with Crippen LogP contribution in [-0.2, 0) is 11.3 Å². The summed E-state index contributed by atoms with van der Waals surface area (Å²) in [6, 6.07) is 15.0. The molecule has 4 aromatic rings. The molecule has 1 saturated heterocycles. The molecule has 3 aromatic heterocycles. The van der Waals surface area contributed by atoms with Crippen molar-refractivity contribution in [3.63, 3.8) is 0 Å². The molecule has 0 radical (unpaired) electrons. The van der Waals surface area contributed by atoms with Gasteiger partial charge in [-0.3, -0.25) is 14.2 Å². The van der Waals surface area contributed by atoms with Gasteiger partial charge in [-0.15, -0.1) is 11.3 Å². The molecule has 204 valence electrons. The van der Waals surface area contributed by atoms with Crippen LogP contribution in [0, 0.1) is 5.92 Å². The number of aliphatic hydroxyl groups is 1.